The third kappa shape index (κ3) is 2.53. The van der Waals surface area contributed by atoms with Gasteiger partial charge in [-0.15, -0.1) is 0 Å². The summed E-state index contributed by atoms with van der Waals surface area (Å²) >= 11 is 0. The molecule has 0 unspecified atom stereocenters. The summed E-state index contributed by atoms with van der Waals surface area (Å²) in [7, 11) is 1.63. The Hall–Kier alpha value is -0.630. The molecule has 0 aliphatic heterocycles. The van der Waals surface area contributed by atoms with E-state index >= 15 is 0 Å². The zero-order valence-electron chi connectivity index (χ0n) is 5.35. The van der Waals surface area contributed by atoms with E-state index in [0.717, 1.165) is 5.70 Å². The van der Waals surface area contributed by atoms with Crippen LogP contribution < -0.4 is 0 Å². The molecule has 0 N–H and O–H groups in total. The van der Waals surface area contributed by atoms with E-state index in [1.54, 1.807) is 7.11 Å². The third-order valence-electron chi connectivity index (χ3n) is 0.829. The van der Waals surface area contributed by atoms with Crippen LogP contribution in [-0.2, 0) is 4.74 Å². The van der Waals surface area contributed by atoms with Gasteiger partial charge in [0.05, 0.1) is 12.3 Å². The van der Waals surface area contributed by atoms with Crippen LogP contribution in [0.15, 0.2) is 16.8 Å². The number of ether oxygens (including phenoxy) is 1. The molecule has 0 bridgehead atoms. The average molecular weight is 113 g/mol. The highest BCUT2D eigenvalue weighted by Gasteiger charge is 1.84. The van der Waals surface area contributed by atoms with Crippen molar-refractivity contribution >= 4 is 6.72 Å². The summed E-state index contributed by atoms with van der Waals surface area (Å²) in [6, 6.07) is 0. The van der Waals surface area contributed by atoms with Crippen LogP contribution in [0.25, 0.3) is 0 Å². The first-order valence-corrected chi connectivity index (χ1v) is 2.46. The Morgan fingerprint density at radius 2 is 2.50 bits per heavy atom. The highest BCUT2D eigenvalue weighted by atomic mass is 16.5. The molecule has 0 radical (unpaired) electrons. The molecule has 0 rings (SSSR count). The van der Waals surface area contributed by atoms with E-state index in [4.69, 9.17) is 4.74 Å². The van der Waals surface area contributed by atoms with Crippen molar-refractivity contribution in [1.82, 2.24) is 0 Å². The van der Waals surface area contributed by atoms with Crippen molar-refractivity contribution in [3.05, 3.63) is 11.8 Å². The summed E-state index contributed by atoms with van der Waals surface area (Å²) in [5.41, 5.74) is 0.882. The lowest BCUT2D eigenvalue weighted by molar-refractivity contribution is 0.225. The van der Waals surface area contributed by atoms with Crippen molar-refractivity contribution < 1.29 is 4.74 Å². The minimum Gasteiger partial charge on any atom is -0.378 e. The minimum absolute atomic E-state index is 0.556. The van der Waals surface area contributed by atoms with Gasteiger partial charge in [-0.2, -0.15) is 0 Å². The van der Waals surface area contributed by atoms with Crippen LogP contribution in [0.5, 0.6) is 0 Å². The van der Waals surface area contributed by atoms with Gasteiger partial charge in [-0.1, -0.05) is 6.08 Å². The first kappa shape index (κ1) is 7.37. The van der Waals surface area contributed by atoms with Crippen LogP contribution in [0.1, 0.15) is 6.92 Å². The predicted octanol–water partition coefficient (Wildman–Crippen LogP) is 1.24. The van der Waals surface area contributed by atoms with Gasteiger partial charge < -0.3 is 4.74 Å². The molecule has 2 heteroatoms. The number of methoxy groups -OCH3 is 1. The highest BCUT2D eigenvalue weighted by molar-refractivity contribution is 5.28. The van der Waals surface area contributed by atoms with Gasteiger partial charge in [-0.25, -0.2) is 0 Å². The summed E-state index contributed by atoms with van der Waals surface area (Å²) in [5.74, 6) is 0. The Morgan fingerprint density at radius 3 is 2.62 bits per heavy atom. The van der Waals surface area contributed by atoms with Crippen molar-refractivity contribution in [2.24, 2.45) is 4.99 Å². The lowest BCUT2D eigenvalue weighted by Crippen LogP contribution is -1.89. The minimum atomic E-state index is 0.556. The molecular formula is C6H11NO. The first-order chi connectivity index (χ1) is 3.85. The molecule has 0 heterocycles. The molecule has 0 aromatic rings. The van der Waals surface area contributed by atoms with Crippen LogP contribution in [0.2, 0.25) is 0 Å². The van der Waals surface area contributed by atoms with Crippen LogP contribution in [0.4, 0.5) is 0 Å². The largest absolute Gasteiger partial charge is 0.378 e. The van der Waals surface area contributed by atoms with Crippen LogP contribution in [0.3, 0.4) is 0 Å². The van der Waals surface area contributed by atoms with Gasteiger partial charge in [-0.3, -0.25) is 4.99 Å². The first-order valence-electron chi connectivity index (χ1n) is 2.46. The molecule has 0 amide bonds. The van der Waals surface area contributed by atoms with Crippen molar-refractivity contribution in [3.63, 3.8) is 0 Å². The normalized spacial score (nSPS) is 11.5. The molecule has 8 heavy (non-hydrogen) atoms. The van der Waals surface area contributed by atoms with Crippen molar-refractivity contribution in [3.8, 4) is 0 Å². The van der Waals surface area contributed by atoms with Gasteiger partial charge in [0.1, 0.15) is 0 Å². The molecular weight excluding hydrogens is 102 g/mol. The summed E-state index contributed by atoms with van der Waals surface area (Å²) in [5, 5.41) is 0. The summed E-state index contributed by atoms with van der Waals surface area (Å²) in [4.78, 5) is 3.68. The van der Waals surface area contributed by atoms with Crippen LogP contribution in [-0.4, -0.2) is 20.4 Å². The molecule has 0 aliphatic carbocycles. The van der Waals surface area contributed by atoms with Gasteiger partial charge in [-0.05, 0) is 13.6 Å². The SMILES string of the molecule is C=N/C(=C\C)COC. The summed E-state index contributed by atoms with van der Waals surface area (Å²) in [6.07, 6.45) is 1.87. The fourth-order valence-electron chi connectivity index (χ4n) is 0.368. The highest BCUT2D eigenvalue weighted by Crippen LogP contribution is 1.92. The standard InChI is InChI=1S/C6H11NO/c1-4-6(7-2)5-8-3/h4H,2,5H2,1,3H3/b6-4-. The van der Waals surface area contributed by atoms with Gasteiger partial charge in [0.2, 0.25) is 0 Å². The number of hydrogen-bond acceptors (Lipinski definition) is 2. The molecule has 0 atom stereocenters. The molecule has 46 valence electrons. The van der Waals surface area contributed by atoms with Crippen molar-refractivity contribution in [2.45, 2.75) is 6.92 Å². The van der Waals surface area contributed by atoms with Gasteiger partial charge >= 0.3 is 0 Å². The maximum Gasteiger partial charge on any atom is 0.0880 e. The maximum absolute atomic E-state index is 4.78. The van der Waals surface area contributed by atoms with Crippen molar-refractivity contribution in [1.29, 1.82) is 0 Å². The zero-order valence-corrected chi connectivity index (χ0v) is 5.35. The van der Waals surface area contributed by atoms with Gasteiger partial charge in [0.15, 0.2) is 0 Å². The monoisotopic (exact) mass is 113 g/mol. The lowest BCUT2D eigenvalue weighted by atomic mass is 10.4. The second-order valence-electron chi connectivity index (χ2n) is 1.37. The quantitative estimate of drug-likeness (QED) is 0.504. The number of hydrogen-bond donors (Lipinski definition) is 0. The van der Waals surface area contributed by atoms with E-state index < -0.39 is 0 Å². The Balaban J connectivity index is 3.54. The third-order valence-corrected chi connectivity index (χ3v) is 0.829. The van der Waals surface area contributed by atoms with E-state index in [2.05, 4.69) is 11.7 Å². The number of aliphatic imine (C=N–C) groups is 1. The molecule has 0 aromatic heterocycles. The van der Waals surface area contributed by atoms with E-state index in [9.17, 15) is 0 Å². The average Bonchev–Trinajstić information content (AvgIpc) is 1.83. The smallest absolute Gasteiger partial charge is 0.0880 e. The van der Waals surface area contributed by atoms with Crippen LogP contribution >= 0.6 is 0 Å². The van der Waals surface area contributed by atoms with Crippen molar-refractivity contribution in [2.75, 3.05) is 13.7 Å². The molecule has 0 aliphatic rings. The van der Waals surface area contributed by atoms with Crippen LogP contribution in [0, 0.1) is 0 Å². The number of rotatable bonds is 3. The van der Waals surface area contributed by atoms with E-state index in [0.29, 0.717) is 6.61 Å². The molecule has 0 saturated carbocycles. The van der Waals surface area contributed by atoms with E-state index in [-0.39, 0.29) is 0 Å². The molecule has 0 fully saturated rings. The number of allylic oxidation sites excluding steroid dienone is 1. The fourth-order valence-corrected chi connectivity index (χ4v) is 0.368. The second kappa shape index (κ2) is 4.53. The predicted molar refractivity (Wildman–Crippen MR) is 35.2 cm³/mol. The van der Waals surface area contributed by atoms with E-state index in [1.165, 1.54) is 0 Å². The molecule has 0 aromatic carbocycles. The Kier molecular flexibility index (Phi) is 4.17. The second-order valence-corrected chi connectivity index (χ2v) is 1.37. The molecule has 0 saturated heterocycles. The topological polar surface area (TPSA) is 21.6 Å². The Morgan fingerprint density at radius 1 is 1.88 bits per heavy atom. The molecule has 0 spiro atoms. The van der Waals surface area contributed by atoms with Gasteiger partial charge in [0, 0.05) is 7.11 Å². The maximum atomic E-state index is 4.78. The number of nitrogens with zero attached hydrogens (tertiary/aromatic N) is 1. The zero-order chi connectivity index (χ0) is 6.41. The van der Waals surface area contributed by atoms with Gasteiger partial charge in [0.25, 0.3) is 0 Å². The lowest BCUT2D eigenvalue weighted by Gasteiger charge is -1.94. The molecule has 2 nitrogen and oxygen atoms in total. The summed E-state index contributed by atoms with van der Waals surface area (Å²) in [6.45, 7) is 5.81. The Labute approximate surface area is 49.9 Å². The summed E-state index contributed by atoms with van der Waals surface area (Å²) < 4.78 is 4.78. The Bertz CT molecular complexity index is 96.7. The fraction of sp³-hybridized carbons (Fsp3) is 0.500. The van der Waals surface area contributed by atoms with E-state index in [1.807, 2.05) is 13.0 Å².